The van der Waals surface area contributed by atoms with E-state index in [1.165, 1.54) is 41.4 Å². The summed E-state index contributed by atoms with van der Waals surface area (Å²) in [6, 6.07) is 20.4. The number of hydrogen-bond acceptors (Lipinski definition) is 7. The molecule has 4 heterocycles. The quantitative estimate of drug-likeness (QED) is 0.138. The Hall–Kier alpha value is -5.16. The third-order valence-electron chi connectivity index (χ3n) is 9.23. The minimum atomic E-state index is -4.54. The van der Waals surface area contributed by atoms with Gasteiger partial charge in [0, 0.05) is 55.6 Å². The standard InChI is InChI=1S/C39H39F3N6O2/c1-46-20-17-32(18-21-46)47(2)31-13-9-28(10-14-31)23-37-44-25-30-22-27(11-15-34(30)45-37)6-3-4-8-35(49)33-7-5-19-48(38(33)50)26-29-12-16-36(43-24-29)39(40,41)42/h3,5-7,9-16,19,22,24-25,32H,4,8,17-18,20-21,23,26H2,1-2H3/b6-3+. The third-order valence-corrected chi connectivity index (χ3v) is 9.23. The molecule has 0 unspecified atom stereocenters. The van der Waals surface area contributed by atoms with Crippen LogP contribution in [0.3, 0.4) is 0 Å². The fraction of sp³-hybridized carbons (Fsp3) is 0.308. The number of carbonyl (C=O) groups excluding carboxylic acids is 1. The van der Waals surface area contributed by atoms with E-state index in [0.29, 0.717) is 24.4 Å². The van der Waals surface area contributed by atoms with Gasteiger partial charge in [0.2, 0.25) is 0 Å². The van der Waals surface area contributed by atoms with Crippen LogP contribution >= 0.6 is 0 Å². The van der Waals surface area contributed by atoms with Gasteiger partial charge in [-0.1, -0.05) is 36.4 Å². The fourth-order valence-corrected chi connectivity index (χ4v) is 6.23. The molecule has 0 atom stereocenters. The highest BCUT2D eigenvalue weighted by molar-refractivity contribution is 5.95. The number of allylic oxidation sites excluding steroid dienone is 1. The number of nitrogens with zero attached hydrogens (tertiary/aromatic N) is 6. The number of carbonyl (C=O) groups is 1. The van der Waals surface area contributed by atoms with Crippen LogP contribution in [-0.2, 0) is 19.1 Å². The maximum atomic E-state index is 13.0. The molecular formula is C39H39F3N6O2. The van der Waals surface area contributed by atoms with Crippen LogP contribution in [0.1, 0.15) is 64.2 Å². The van der Waals surface area contributed by atoms with Crippen molar-refractivity contribution in [2.24, 2.45) is 0 Å². The lowest BCUT2D eigenvalue weighted by Crippen LogP contribution is -2.41. The van der Waals surface area contributed by atoms with Crippen molar-refractivity contribution >= 4 is 28.4 Å². The van der Waals surface area contributed by atoms with E-state index in [4.69, 9.17) is 4.98 Å². The van der Waals surface area contributed by atoms with Gasteiger partial charge in [-0.25, -0.2) is 9.97 Å². The summed E-state index contributed by atoms with van der Waals surface area (Å²) in [5.74, 6) is 0.449. The van der Waals surface area contributed by atoms with Crippen molar-refractivity contribution in [2.75, 3.05) is 32.1 Å². The van der Waals surface area contributed by atoms with Crippen molar-refractivity contribution in [1.82, 2.24) is 24.4 Å². The van der Waals surface area contributed by atoms with Crippen LogP contribution in [0.2, 0.25) is 0 Å². The number of anilines is 1. The molecule has 1 saturated heterocycles. The number of Topliss-reactive ketones (excluding diaryl/α,β-unsaturated/α-hetero) is 1. The molecule has 0 bridgehead atoms. The molecule has 0 radical (unpaired) electrons. The lowest BCUT2D eigenvalue weighted by Gasteiger charge is -2.36. The van der Waals surface area contributed by atoms with E-state index in [-0.39, 0.29) is 24.3 Å². The van der Waals surface area contributed by atoms with Gasteiger partial charge in [0.15, 0.2) is 5.78 Å². The Morgan fingerprint density at radius 3 is 2.46 bits per heavy atom. The summed E-state index contributed by atoms with van der Waals surface area (Å²) in [5.41, 5.74) is 3.13. The van der Waals surface area contributed by atoms with Crippen LogP contribution in [0.5, 0.6) is 0 Å². The highest BCUT2D eigenvalue weighted by Gasteiger charge is 2.32. The van der Waals surface area contributed by atoms with E-state index >= 15 is 0 Å². The number of likely N-dealkylation sites (tertiary alicyclic amines) is 1. The van der Waals surface area contributed by atoms with Crippen molar-refractivity contribution < 1.29 is 18.0 Å². The molecule has 50 heavy (non-hydrogen) atoms. The molecular weight excluding hydrogens is 641 g/mol. The molecule has 1 aliphatic heterocycles. The summed E-state index contributed by atoms with van der Waals surface area (Å²) >= 11 is 0. The Bertz CT molecular complexity index is 2030. The summed E-state index contributed by atoms with van der Waals surface area (Å²) < 4.78 is 39.7. The predicted octanol–water partition coefficient (Wildman–Crippen LogP) is 7.05. The van der Waals surface area contributed by atoms with Gasteiger partial charge in [0.25, 0.3) is 5.56 Å². The molecule has 11 heteroatoms. The molecule has 2 aromatic carbocycles. The zero-order valence-electron chi connectivity index (χ0n) is 28.1. The van der Waals surface area contributed by atoms with Crippen LogP contribution < -0.4 is 10.5 Å². The molecule has 3 aromatic heterocycles. The molecule has 0 spiro atoms. The lowest BCUT2D eigenvalue weighted by molar-refractivity contribution is -0.141. The summed E-state index contributed by atoms with van der Waals surface area (Å²) in [6.45, 7) is 2.26. The number of ketones is 1. The number of rotatable bonds is 11. The molecule has 258 valence electrons. The fourth-order valence-electron chi connectivity index (χ4n) is 6.23. The number of benzene rings is 2. The van der Waals surface area contributed by atoms with Crippen molar-refractivity contribution in [3.05, 3.63) is 136 Å². The lowest BCUT2D eigenvalue weighted by atomic mass is 10.0. The zero-order valence-corrected chi connectivity index (χ0v) is 28.1. The molecule has 0 aliphatic carbocycles. The Morgan fingerprint density at radius 2 is 1.74 bits per heavy atom. The van der Waals surface area contributed by atoms with E-state index in [0.717, 1.165) is 53.2 Å². The molecule has 1 aliphatic rings. The Morgan fingerprint density at radius 1 is 0.980 bits per heavy atom. The highest BCUT2D eigenvalue weighted by Crippen LogP contribution is 2.27. The monoisotopic (exact) mass is 680 g/mol. The van der Waals surface area contributed by atoms with Crippen LogP contribution in [0.25, 0.3) is 17.0 Å². The average molecular weight is 681 g/mol. The van der Waals surface area contributed by atoms with Crippen molar-refractivity contribution in [3.63, 3.8) is 0 Å². The van der Waals surface area contributed by atoms with Gasteiger partial charge in [-0.15, -0.1) is 0 Å². The van der Waals surface area contributed by atoms with E-state index in [1.54, 1.807) is 6.07 Å². The number of fused-ring (bicyclic) bond motifs is 1. The van der Waals surface area contributed by atoms with Crippen molar-refractivity contribution in [2.45, 2.75) is 50.9 Å². The molecule has 0 N–H and O–H groups in total. The number of pyridine rings is 2. The first-order valence-corrected chi connectivity index (χ1v) is 16.7. The van der Waals surface area contributed by atoms with Gasteiger partial charge in [0.1, 0.15) is 11.5 Å². The van der Waals surface area contributed by atoms with Gasteiger partial charge in [-0.2, -0.15) is 13.2 Å². The normalized spacial score (nSPS) is 14.4. The first-order chi connectivity index (χ1) is 24.0. The van der Waals surface area contributed by atoms with E-state index in [2.05, 4.69) is 58.1 Å². The van der Waals surface area contributed by atoms with Crippen molar-refractivity contribution in [3.8, 4) is 0 Å². The van der Waals surface area contributed by atoms with Crippen LogP contribution in [0, 0.1) is 0 Å². The molecule has 1 fully saturated rings. The minimum Gasteiger partial charge on any atom is -0.372 e. The number of halogens is 3. The maximum absolute atomic E-state index is 13.0. The second-order valence-corrected chi connectivity index (χ2v) is 12.9. The second kappa shape index (κ2) is 15.2. The van der Waals surface area contributed by atoms with E-state index in [1.807, 2.05) is 36.5 Å². The Balaban J connectivity index is 1.02. The molecule has 6 rings (SSSR count). The minimum absolute atomic E-state index is 0.00186. The summed E-state index contributed by atoms with van der Waals surface area (Å²) in [6.07, 6.45) is 7.24. The number of aromatic nitrogens is 4. The average Bonchev–Trinajstić information content (AvgIpc) is 3.11. The van der Waals surface area contributed by atoms with E-state index < -0.39 is 17.4 Å². The molecule has 8 nitrogen and oxygen atoms in total. The van der Waals surface area contributed by atoms with Crippen LogP contribution in [0.4, 0.5) is 18.9 Å². The number of piperidine rings is 1. The van der Waals surface area contributed by atoms with Crippen LogP contribution in [-0.4, -0.2) is 63.4 Å². The SMILES string of the molecule is CN1CCC(N(C)c2ccc(Cc3ncc4cc(/C=C/CCC(=O)c5cccn(Cc6ccc(C(F)(F)F)nc6)c5=O)ccc4n3)cc2)CC1. The first kappa shape index (κ1) is 34.7. The van der Waals surface area contributed by atoms with Gasteiger partial charge >= 0.3 is 6.18 Å². The van der Waals surface area contributed by atoms with Gasteiger partial charge in [0.05, 0.1) is 17.6 Å². The second-order valence-electron chi connectivity index (χ2n) is 12.9. The van der Waals surface area contributed by atoms with Gasteiger partial charge in [-0.3, -0.25) is 14.6 Å². The van der Waals surface area contributed by atoms with Crippen molar-refractivity contribution in [1.29, 1.82) is 0 Å². The largest absolute Gasteiger partial charge is 0.433 e. The maximum Gasteiger partial charge on any atom is 0.433 e. The smallest absolute Gasteiger partial charge is 0.372 e. The predicted molar refractivity (Wildman–Crippen MR) is 189 cm³/mol. The summed E-state index contributed by atoms with van der Waals surface area (Å²) in [7, 11) is 4.36. The molecule has 5 aromatic rings. The third kappa shape index (κ3) is 8.52. The zero-order chi connectivity index (χ0) is 35.3. The molecule has 0 amide bonds. The number of alkyl halides is 3. The highest BCUT2D eigenvalue weighted by atomic mass is 19.4. The Kier molecular flexibility index (Phi) is 10.5. The molecule has 0 saturated carbocycles. The van der Waals surface area contributed by atoms with Gasteiger partial charge < -0.3 is 14.4 Å². The van der Waals surface area contributed by atoms with E-state index in [9.17, 15) is 22.8 Å². The summed E-state index contributed by atoms with van der Waals surface area (Å²) in [4.78, 5) is 43.5. The van der Waals surface area contributed by atoms with Crippen LogP contribution in [0.15, 0.2) is 96.2 Å². The van der Waals surface area contributed by atoms with Gasteiger partial charge in [-0.05, 0) is 98.6 Å². The summed E-state index contributed by atoms with van der Waals surface area (Å²) in [5, 5.41) is 0.912. The topological polar surface area (TPSA) is 84.2 Å². The first-order valence-electron chi connectivity index (χ1n) is 16.7. The number of hydrogen-bond donors (Lipinski definition) is 0. The Labute approximate surface area is 288 Å².